The molecule has 0 aromatic heterocycles. The topological polar surface area (TPSA) is 21.3 Å². The van der Waals surface area contributed by atoms with Crippen LogP contribution in [0.25, 0.3) is 0 Å². The molecule has 2 atom stereocenters. The first-order valence-electron chi connectivity index (χ1n) is 7.05. The predicted molar refractivity (Wildman–Crippen MR) is 72.2 cm³/mol. The molecule has 2 nitrogen and oxygen atoms in total. The number of hydrogen-bond acceptors (Lipinski definition) is 2. The Morgan fingerprint density at radius 3 is 2.71 bits per heavy atom. The Kier molecular flexibility index (Phi) is 4.76. The lowest BCUT2D eigenvalue weighted by molar-refractivity contribution is -0.151. The summed E-state index contributed by atoms with van der Waals surface area (Å²) in [6.07, 6.45) is -2.55. The number of ether oxygens (including phenoxy) is 1. The van der Waals surface area contributed by atoms with E-state index >= 15 is 0 Å². The highest BCUT2D eigenvalue weighted by atomic mass is 19.3. The summed E-state index contributed by atoms with van der Waals surface area (Å²) in [6.45, 7) is 3.92. The Balaban J connectivity index is 2.31. The maximum absolute atomic E-state index is 13.8. The summed E-state index contributed by atoms with van der Waals surface area (Å²) in [4.78, 5) is 0. The summed E-state index contributed by atoms with van der Waals surface area (Å²) in [5.41, 5.74) is 0.957. The van der Waals surface area contributed by atoms with Gasteiger partial charge in [0.05, 0.1) is 0 Å². The lowest BCUT2D eigenvalue weighted by Crippen LogP contribution is -2.42. The number of benzene rings is 1. The monoisotopic (exact) mass is 305 g/mol. The first-order chi connectivity index (χ1) is 9.86. The van der Waals surface area contributed by atoms with Gasteiger partial charge in [-0.25, -0.2) is 8.78 Å². The molecule has 2 rings (SSSR count). The summed E-state index contributed by atoms with van der Waals surface area (Å²) < 4.78 is 58.5. The zero-order valence-corrected chi connectivity index (χ0v) is 12.0. The molecule has 6 heteroatoms. The van der Waals surface area contributed by atoms with Crippen molar-refractivity contribution in [3.63, 3.8) is 0 Å². The summed E-state index contributed by atoms with van der Waals surface area (Å²) >= 11 is 0. The van der Waals surface area contributed by atoms with E-state index in [1.807, 2.05) is 6.92 Å². The maximum atomic E-state index is 13.8. The van der Waals surface area contributed by atoms with Crippen molar-refractivity contribution in [3.8, 4) is 5.75 Å². The highest BCUT2D eigenvalue weighted by Crippen LogP contribution is 2.39. The van der Waals surface area contributed by atoms with Crippen molar-refractivity contribution in [3.05, 3.63) is 29.3 Å². The van der Waals surface area contributed by atoms with Gasteiger partial charge >= 0.3 is 12.3 Å². The quantitative estimate of drug-likeness (QED) is 0.804. The Labute approximate surface area is 121 Å². The molecule has 1 N–H and O–H groups in total. The van der Waals surface area contributed by atoms with E-state index < -0.39 is 18.4 Å². The number of fused-ring (bicyclic) bond motifs is 1. The molecule has 1 heterocycles. The van der Waals surface area contributed by atoms with E-state index in [0.717, 1.165) is 5.56 Å². The first-order valence-corrected chi connectivity index (χ1v) is 7.05. The minimum atomic E-state index is -4.12. The normalized spacial score (nSPS) is 19.5. The maximum Gasteiger partial charge on any atom is 0.326 e. The Morgan fingerprint density at radius 2 is 2.10 bits per heavy atom. The van der Waals surface area contributed by atoms with Crippen LogP contribution in [0.15, 0.2) is 18.2 Å². The van der Waals surface area contributed by atoms with Gasteiger partial charge in [-0.1, -0.05) is 19.1 Å². The largest absolute Gasteiger partial charge is 0.490 e. The van der Waals surface area contributed by atoms with Crippen molar-refractivity contribution < 1.29 is 22.3 Å². The van der Waals surface area contributed by atoms with Crippen LogP contribution < -0.4 is 10.1 Å². The van der Waals surface area contributed by atoms with Crippen LogP contribution in [0, 0.1) is 0 Å². The molecule has 1 aromatic carbocycles. The zero-order chi connectivity index (χ0) is 15.6. The molecule has 0 aliphatic carbocycles. The molecule has 0 fully saturated rings. The van der Waals surface area contributed by atoms with Crippen molar-refractivity contribution in [2.75, 3.05) is 6.54 Å². The van der Waals surface area contributed by atoms with Crippen molar-refractivity contribution in [1.82, 2.24) is 5.32 Å². The second-order valence-electron chi connectivity index (χ2n) is 5.36. The van der Waals surface area contributed by atoms with Crippen LogP contribution in [0.2, 0.25) is 0 Å². The first kappa shape index (κ1) is 16.1. The molecule has 0 amide bonds. The number of alkyl halides is 4. The molecular weight excluding hydrogens is 286 g/mol. The molecule has 1 aromatic rings. The molecule has 118 valence electrons. The standard InChI is InChI=1S/C15H19F4NO/c1-3-6-20-13(15(18,19)14(16)17)10-4-5-12-11(8-10)7-9(2)21-12/h4-5,8-9,13-14,20H,3,6-7H2,1-2H3. The Morgan fingerprint density at radius 1 is 1.38 bits per heavy atom. The minimum absolute atomic E-state index is 0.0205. The van der Waals surface area contributed by atoms with E-state index in [9.17, 15) is 17.6 Å². The van der Waals surface area contributed by atoms with Gasteiger partial charge in [-0.15, -0.1) is 0 Å². The highest BCUT2D eigenvalue weighted by molar-refractivity contribution is 5.42. The van der Waals surface area contributed by atoms with Crippen LogP contribution in [0.4, 0.5) is 17.6 Å². The van der Waals surface area contributed by atoms with E-state index in [2.05, 4.69) is 5.32 Å². The molecule has 21 heavy (non-hydrogen) atoms. The lowest BCUT2D eigenvalue weighted by atomic mass is 9.97. The molecule has 1 aliphatic heterocycles. The minimum Gasteiger partial charge on any atom is -0.490 e. The fourth-order valence-electron chi connectivity index (χ4n) is 2.51. The van der Waals surface area contributed by atoms with E-state index in [4.69, 9.17) is 4.74 Å². The number of rotatable bonds is 6. The molecule has 0 saturated carbocycles. The van der Waals surface area contributed by atoms with Crippen LogP contribution in [0.3, 0.4) is 0 Å². The summed E-state index contributed by atoms with van der Waals surface area (Å²) in [7, 11) is 0. The van der Waals surface area contributed by atoms with Crippen molar-refractivity contribution in [2.45, 2.75) is 51.2 Å². The molecule has 0 spiro atoms. The van der Waals surface area contributed by atoms with Crippen molar-refractivity contribution in [2.24, 2.45) is 0 Å². The van der Waals surface area contributed by atoms with Gasteiger partial charge in [-0.3, -0.25) is 0 Å². The molecule has 0 radical (unpaired) electrons. The molecular formula is C15H19F4NO. The summed E-state index contributed by atoms with van der Waals surface area (Å²) in [5, 5.41) is 2.54. The van der Waals surface area contributed by atoms with Crippen molar-refractivity contribution >= 4 is 0 Å². The fraction of sp³-hybridized carbons (Fsp3) is 0.600. The zero-order valence-electron chi connectivity index (χ0n) is 12.0. The van der Waals surface area contributed by atoms with Crippen LogP contribution in [0.5, 0.6) is 5.75 Å². The third-order valence-electron chi connectivity index (χ3n) is 3.53. The second kappa shape index (κ2) is 6.22. The van der Waals surface area contributed by atoms with Crippen molar-refractivity contribution in [1.29, 1.82) is 0 Å². The average molecular weight is 305 g/mol. The number of nitrogens with one attached hydrogen (secondary N) is 1. The van der Waals surface area contributed by atoms with Gasteiger partial charge < -0.3 is 10.1 Å². The molecule has 2 unspecified atom stereocenters. The van der Waals surface area contributed by atoms with E-state index in [-0.39, 0.29) is 18.2 Å². The van der Waals surface area contributed by atoms with E-state index in [1.54, 1.807) is 19.1 Å². The van der Waals surface area contributed by atoms with Gasteiger partial charge in [0.1, 0.15) is 17.9 Å². The van der Waals surface area contributed by atoms with Gasteiger partial charge in [-0.05, 0) is 37.1 Å². The third-order valence-corrected chi connectivity index (χ3v) is 3.53. The highest BCUT2D eigenvalue weighted by Gasteiger charge is 2.49. The molecule has 0 bridgehead atoms. The van der Waals surface area contributed by atoms with Gasteiger partial charge in [0.2, 0.25) is 0 Å². The summed E-state index contributed by atoms with van der Waals surface area (Å²) in [5.74, 6) is -3.48. The Hall–Kier alpha value is -1.30. The Bertz CT molecular complexity index is 493. The predicted octanol–water partition coefficient (Wildman–Crippen LogP) is 3.95. The second-order valence-corrected chi connectivity index (χ2v) is 5.36. The molecule has 1 aliphatic rings. The smallest absolute Gasteiger partial charge is 0.326 e. The average Bonchev–Trinajstić information content (AvgIpc) is 2.78. The number of hydrogen-bond donors (Lipinski definition) is 1. The van der Waals surface area contributed by atoms with Crippen LogP contribution in [0.1, 0.15) is 37.4 Å². The van der Waals surface area contributed by atoms with Gasteiger partial charge in [-0.2, -0.15) is 8.78 Å². The van der Waals surface area contributed by atoms with Gasteiger partial charge in [0, 0.05) is 6.42 Å². The van der Waals surface area contributed by atoms with Gasteiger partial charge in [0.25, 0.3) is 0 Å². The van der Waals surface area contributed by atoms with E-state index in [1.165, 1.54) is 6.07 Å². The fourth-order valence-corrected chi connectivity index (χ4v) is 2.51. The van der Waals surface area contributed by atoms with E-state index in [0.29, 0.717) is 18.6 Å². The third kappa shape index (κ3) is 3.31. The summed E-state index contributed by atoms with van der Waals surface area (Å²) in [6, 6.07) is 2.86. The molecule has 0 saturated heterocycles. The van der Waals surface area contributed by atoms with Crippen LogP contribution >= 0.6 is 0 Å². The van der Waals surface area contributed by atoms with Crippen LogP contribution in [-0.4, -0.2) is 25.0 Å². The SMILES string of the molecule is CCCNC(c1ccc2c(c1)CC(C)O2)C(F)(F)C(F)F. The van der Waals surface area contributed by atoms with Gasteiger partial charge in [0.15, 0.2) is 0 Å². The number of halogens is 4. The van der Waals surface area contributed by atoms with Crippen LogP contribution in [-0.2, 0) is 6.42 Å². The lowest BCUT2D eigenvalue weighted by Gasteiger charge is -2.28.